The van der Waals surface area contributed by atoms with Crippen LogP contribution in [0.4, 0.5) is 14.5 Å². The standard InChI is InChI=1S/C26H22F2N4O3/c27-17-10-16(11-18(28)12-17)25(34)29-19-7-8-20(23(33)13-19)26(35)32-9-3-4-15(14-32)24-30-21-5-1-2-6-22(21)31-24/h1-2,5-8,10-13,15,33H,3-4,9,14H2,(H,29,34)(H,30,31). The van der Waals surface area contributed by atoms with Gasteiger partial charge in [0, 0.05) is 42.4 Å². The molecule has 3 aromatic carbocycles. The van der Waals surface area contributed by atoms with Crippen molar-refractivity contribution in [1.29, 1.82) is 0 Å². The zero-order valence-corrected chi connectivity index (χ0v) is 18.6. The zero-order valence-electron chi connectivity index (χ0n) is 18.6. The van der Waals surface area contributed by atoms with Gasteiger partial charge in [-0.3, -0.25) is 9.59 Å². The molecular weight excluding hydrogens is 454 g/mol. The number of nitrogens with one attached hydrogen (secondary N) is 2. The maximum absolute atomic E-state index is 13.4. The normalized spacial score (nSPS) is 15.8. The Balaban J connectivity index is 1.29. The second-order valence-electron chi connectivity index (χ2n) is 8.57. The number of benzene rings is 3. The van der Waals surface area contributed by atoms with E-state index in [1.807, 2.05) is 24.3 Å². The number of amides is 2. The average molecular weight is 476 g/mol. The average Bonchev–Trinajstić information content (AvgIpc) is 3.28. The molecule has 1 atom stereocenters. The number of H-pyrrole nitrogens is 1. The van der Waals surface area contributed by atoms with Crippen molar-refractivity contribution < 1.29 is 23.5 Å². The Morgan fingerprint density at radius 1 is 1.06 bits per heavy atom. The van der Waals surface area contributed by atoms with Crippen LogP contribution in [0.3, 0.4) is 0 Å². The lowest BCUT2D eigenvalue weighted by Crippen LogP contribution is -2.39. The predicted molar refractivity (Wildman–Crippen MR) is 126 cm³/mol. The van der Waals surface area contributed by atoms with Crippen LogP contribution in [0.2, 0.25) is 0 Å². The summed E-state index contributed by atoms with van der Waals surface area (Å²) in [7, 11) is 0. The van der Waals surface area contributed by atoms with Gasteiger partial charge in [-0.25, -0.2) is 13.8 Å². The molecule has 7 nitrogen and oxygen atoms in total. The molecule has 4 aromatic rings. The SMILES string of the molecule is O=C(Nc1ccc(C(=O)N2CCCC(c3nc4ccccc4[nH]3)C2)c(O)c1)c1cc(F)cc(F)c1. The van der Waals surface area contributed by atoms with E-state index in [0.29, 0.717) is 19.2 Å². The number of phenolic OH excluding ortho intramolecular Hbond substituents is 1. The van der Waals surface area contributed by atoms with Crippen LogP contribution in [0.5, 0.6) is 5.75 Å². The van der Waals surface area contributed by atoms with Gasteiger partial charge in [-0.05, 0) is 49.2 Å². The van der Waals surface area contributed by atoms with Crippen LogP contribution in [-0.2, 0) is 0 Å². The third kappa shape index (κ3) is 4.70. The summed E-state index contributed by atoms with van der Waals surface area (Å²) in [6.45, 7) is 1.01. The summed E-state index contributed by atoms with van der Waals surface area (Å²) in [6.07, 6.45) is 1.69. The minimum absolute atomic E-state index is 0.0486. The van der Waals surface area contributed by atoms with Crippen molar-refractivity contribution in [3.8, 4) is 5.75 Å². The summed E-state index contributed by atoms with van der Waals surface area (Å²) in [4.78, 5) is 35.2. The van der Waals surface area contributed by atoms with E-state index >= 15 is 0 Å². The third-order valence-electron chi connectivity index (χ3n) is 6.11. The molecule has 1 unspecified atom stereocenters. The first-order chi connectivity index (χ1) is 16.9. The smallest absolute Gasteiger partial charge is 0.257 e. The Morgan fingerprint density at radius 2 is 1.83 bits per heavy atom. The molecule has 0 radical (unpaired) electrons. The minimum atomic E-state index is -0.874. The number of anilines is 1. The highest BCUT2D eigenvalue weighted by atomic mass is 19.1. The highest BCUT2D eigenvalue weighted by Gasteiger charge is 2.28. The van der Waals surface area contributed by atoms with Crippen LogP contribution < -0.4 is 5.32 Å². The number of halogens is 2. The monoisotopic (exact) mass is 476 g/mol. The largest absolute Gasteiger partial charge is 0.507 e. The number of imidazole rings is 1. The lowest BCUT2D eigenvalue weighted by molar-refractivity contribution is 0.0702. The molecule has 0 spiro atoms. The second kappa shape index (κ2) is 9.17. The van der Waals surface area contributed by atoms with E-state index in [-0.39, 0.29) is 34.4 Å². The Morgan fingerprint density at radius 3 is 2.57 bits per heavy atom. The number of hydrogen-bond donors (Lipinski definition) is 3. The number of fused-ring (bicyclic) bond motifs is 1. The Kier molecular flexibility index (Phi) is 5.90. The molecule has 0 aliphatic carbocycles. The van der Waals surface area contributed by atoms with Gasteiger partial charge in [-0.2, -0.15) is 0 Å². The Bertz CT molecular complexity index is 1380. The summed E-state index contributed by atoms with van der Waals surface area (Å²) in [5.74, 6) is -2.24. The van der Waals surface area contributed by atoms with E-state index in [4.69, 9.17) is 0 Å². The number of rotatable bonds is 4. The van der Waals surface area contributed by atoms with Gasteiger partial charge < -0.3 is 20.3 Å². The van der Waals surface area contributed by atoms with E-state index in [2.05, 4.69) is 15.3 Å². The molecule has 0 bridgehead atoms. The Hall–Kier alpha value is -4.27. The number of hydrogen-bond acceptors (Lipinski definition) is 4. The van der Waals surface area contributed by atoms with Gasteiger partial charge in [0.1, 0.15) is 23.2 Å². The number of carbonyl (C=O) groups is 2. The highest BCUT2D eigenvalue weighted by Crippen LogP contribution is 2.30. The highest BCUT2D eigenvalue weighted by molar-refractivity contribution is 6.05. The minimum Gasteiger partial charge on any atom is -0.507 e. The first kappa shape index (κ1) is 22.5. The molecule has 1 saturated heterocycles. The maximum atomic E-state index is 13.4. The van der Waals surface area contributed by atoms with E-state index < -0.39 is 17.5 Å². The summed E-state index contributed by atoms with van der Waals surface area (Å²) in [5, 5.41) is 13.0. The summed E-state index contributed by atoms with van der Waals surface area (Å²) >= 11 is 0. The van der Waals surface area contributed by atoms with Crippen molar-refractivity contribution in [3.05, 3.63) is 89.2 Å². The van der Waals surface area contributed by atoms with Crippen molar-refractivity contribution >= 4 is 28.5 Å². The molecule has 1 fully saturated rings. The zero-order chi connectivity index (χ0) is 24.5. The van der Waals surface area contributed by atoms with Gasteiger partial charge in [0.15, 0.2) is 0 Å². The fourth-order valence-corrected chi connectivity index (χ4v) is 4.40. The summed E-state index contributed by atoms with van der Waals surface area (Å²) in [6, 6.07) is 14.4. The van der Waals surface area contributed by atoms with Gasteiger partial charge in [0.2, 0.25) is 0 Å². The van der Waals surface area contributed by atoms with Crippen molar-refractivity contribution in [2.24, 2.45) is 0 Å². The first-order valence-corrected chi connectivity index (χ1v) is 11.2. The number of carbonyl (C=O) groups excluding carboxylic acids is 2. The van der Waals surface area contributed by atoms with Gasteiger partial charge in [0.05, 0.1) is 16.6 Å². The van der Waals surface area contributed by atoms with Crippen LogP contribution in [0, 0.1) is 11.6 Å². The van der Waals surface area contributed by atoms with Crippen LogP contribution in [-0.4, -0.2) is 44.9 Å². The molecular formula is C26H22F2N4O3. The molecule has 1 aliphatic rings. The number of aromatic amines is 1. The third-order valence-corrected chi connectivity index (χ3v) is 6.11. The van der Waals surface area contributed by atoms with Crippen LogP contribution in [0.1, 0.15) is 45.3 Å². The van der Waals surface area contributed by atoms with Crippen molar-refractivity contribution in [2.75, 3.05) is 18.4 Å². The van der Waals surface area contributed by atoms with Gasteiger partial charge in [0.25, 0.3) is 11.8 Å². The Labute approximate surface area is 199 Å². The van der Waals surface area contributed by atoms with Crippen molar-refractivity contribution in [3.63, 3.8) is 0 Å². The number of piperidine rings is 1. The van der Waals surface area contributed by atoms with E-state index in [1.54, 1.807) is 4.90 Å². The van der Waals surface area contributed by atoms with Crippen molar-refractivity contribution in [2.45, 2.75) is 18.8 Å². The molecule has 1 aliphatic heterocycles. The lowest BCUT2D eigenvalue weighted by atomic mass is 9.96. The van der Waals surface area contributed by atoms with Crippen LogP contribution >= 0.6 is 0 Å². The molecule has 2 heterocycles. The summed E-state index contributed by atoms with van der Waals surface area (Å²) < 4.78 is 26.8. The molecule has 9 heteroatoms. The number of nitrogens with zero attached hydrogens (tertiary/aromatic N) is 2. The first-order valence-electron chi connectivity index (χ1n) is 11.2. The molecule has 1 aromatic heterocycles. The number of aromatic nitrogens is 2. The summed E-state index contributed by atoms with van der Waals surface area (Å²) in [5.41, 5.74) is 1.91. The fraction of sp³-hybridized carbons (Fsp3) is 0.192. The fourth-order valence-electron chi connectivity index (χ4n) is 4.40. The molecule has 2 amide bonds. The number of aromatic hydroxyl groups is 1. The second-order valence-corrected chi connectivity index (χ2v) is 8.57. The number of phenols is 1. The topological polar surface area (TPSA) is 98.3 Å². The van der Waals surface area contributed by atoms with Gasteiger partial charge in [-0.15, -0.1) is 0 Å². The predicted octanol–water partition coefficient (Wildman–Crippen LogP) is 4.82. The molecule has 0 saturated carbocycles. The molecule has 178 valence electrons. The van der Waals surface area contributed by atoms with E-state index in [9.17, 15) is 23.5 Å². The van der Waals surface area contributed by atoms with Gasteiger partial charge >= 0.3 is 0 Å². The number of likely N-dealkylation sites (tertiary alicyclic amines) is 1. The molecule has 35 heavy (non-hydrogen) atoms. The lowest BCUT2D eigenvalue weighted by Gasteiger charge is -2.32. The quantitative estimate of drug-likeness (QED) is 0.393. The maximum Gasteiger partial charge on any atom is 0.257 e. The van der Waals surface area contributed by atoms with Crippen molar-refractivity contribution in [1.82, 2.24) is 14.9 Å². The number of para-hydroxylation sites is 2. The van der Waals surface area contributed by atoms with Crippen LogP contribution in [0.15, 0.2) is 60.7 Å². The molecule has 3 N–H and O–H groups in total. The van der Waals surface area contributed by atoms with Crippen LogP contribution in [0.25, 0.3) is 11.0 Å². The van der Waals surface area contributed by atoms with E-state index in [1.165, 1.54) is 18.2 Å². The van der Waals surface area contributed by atoms with Gasteiger partial charge in [-0.1, -0.05) is 12.1 Å². The molecule has 5 rings (SSSR count). The van der Waals surface area contributed by atoms with E-state index in [0.717, 1.165) is 41.8 Å².